The molecule has 3 unspecified atom stereocenters. The number of amides is 3. The summed E-state index contributed by atoms with van der Waals surface area (Å²) in [7, 11) is 0. The molecule has 7 nitrogen and oxygen atoms in total. The van der Waals surface area contributed by atoms with Crippen molar-refractivity contribution in [2.45, 2.75) is 77.6 Å². The number of terminal acetylenes is 1. The predicted octanol–water partition coefficient (Wildman–Crippen LogP) is 6.43. The number of carbonyl (C=O) groups is 3. The van der Waals surface area contributed by atoms with Crippen molar-refractivity contribution in [2.75, 3.05) is 5.32 Å². The van der Waals surface area contributed by atoms with E-state index in [0.717, 1.165) is 23.6 Å². The van der Waals surface area contributed by atoms with Crippen molar-refractivity contribution in [3.8, 4) is 12.3 Å². The standard InChI is InChI=1S/C34H39N3O4/c1-7-22(3)29(36-33(40)41-34(4,5)6)32(39)37(27-19-20-27)30(28-16-12-11-13-23(28)8-2)31(38)35-26-18-17-24-14-9-10-15-25(24)21-26/h2,9-18,21-22,27,29-30H,7,19-20H2,1,3-6H3,(H,35,38)(H,36,40). The van der Waals surface area contributed by atoms with Gasteiger partial charge in [-0.2, -0.15) is 0 Å². The van der Waals surface area contributed by atoms with Gasteiger partial charge in [-0.15, -0.1) is 6.42 Å². The molecule has 3 aromatic carbocycles. The fourth-order valence-corrected chi connectivity index (χ4v) is 4.91. The number of rotatable bonds is 9. The van der Waals surface area contributed by atoms with Crippen LogP contribution >= 0.6 is 0 Å². The number of hydrogen-bond donors (Lipinski definition) is 2. The molecule has 1 aliphatic carbocycles. The highest BCUT2D eigenvalue weighted by Gasteiger charge is 2.45. The van der Waals surface area contributed by atoms with Gasteiger partial charge in [-0.05, 0) is 74.1 Å². The minimum atomic E-state index is -0.999. The third-order valence-corrected chi connectivity index (χ3v) is 7.30. The van der Waals surface area contributed by atoms with E-state index in [0.29, 0.717) is 23.2 Å². The molecule has 0 heterocycles. The number of hydrogen-bond acceptors (Lipinski definition) is 4. The Labute approximate surface area is 242 Å². The molecule has 1 aliphatic rings. The van der Waals surface area contributed by atoms with E-state index in [-0.39, 0.29) is 23.8 Å². The van der Waals surface area contributed by atoms with Crippen molar-refractivity contribution in [1.82, 2.24) is 10.2 Å². The van der Waals surface area contributed by atoms with Crippen LogP contribution in [0.3, 0.4) is 0 Å². The largest absolute Gasteiger partial charge is 0.444 e. The number of nitrogens with zero attached hydrogens (tertiary/aromatic N) is 1. The molecule has 0 radical (unpaired) electrons. The molecule has 7 heteroatoms. The highest BCUT2D eigenvalue weighted by atomic mass is 16.6. The minimum absolute atomic E-state index is 0.160. The summed E-state index contributed by atoms with van der Waals surface area (Å²) in [6, 6.07) is 18.7. The Balaban J connectivity index is 1.74. The average molecular weight is 554 g/mol. The maximum absolute atomic E-state index is 14.4. The van der Waals surface area contributed by atoms with Crippen LogP contribution in [-0.2, 0) is 14.3 Å². The summed E-state index contributed by atoms with van der Waals surface area (Å²) in [6.07, 6.45) is 7.34. The first-order valence-corrected chi connectivity index (χ1v) is 14.2. The molecular formula is C34H39N3O4. The molecule has 0 saturated heterocycles. The Hall–Kier alpha value is -4.31. The Kier molecular flexibility index (Phi) is 9.02. The van der Waals surface area contributed by atoms with E-state index < -0.39 is 23.8 Å². The van der Waals surface area contributed by atoms with Crippen molar-refractivity contribution < 1.29 is 19.1 Å². The average Bonchev–Trinajstić information content (AvgIpc) is 3.78. The summed E-state index contributed by atoms with van der Waals surface area (Å²) in [6.45, 7) is 9.18. The van der Waals surface area contributed by atoms with Crippen molar-refractivity contribution >= 4 is 34.4 Å². The minimum Gasteiger partial charge on any atom is -0.444 e. The van der Waals surface area contributed by atoms with Gasteiger partial charge in [-0.25, -0.2) is 4.79 Å². The number of benzene rings is 3. The monoisotopic (exact) mass is 553 g/mol. The van der Waals surface area contributed by atoms with Crippen LogP contribution in [0.25, 0.3) is 10.8 Å². The van der Waals surface area contributed by atoms with Gasteiger partial charge in [0, 0.05) is 17.3 Å². The molecule has 4 rings (SSSR count). The van der Waals surface area contributed by atoms with Crippen LogP contribution in [-0.4, -0.2) is 40.5 Å². The second-order valence-electron chi connectivity index (χ2n) is 11.7. The summed E-state index contributed by atoms with van der Waals surface area (Å²) in [5, 5.41) is 7.89. The topological polar surface area (TPSA) is 87.7 Å². The van der Waals surface area contributed by atoms with Crippen molar-refractivity contribution in [1.29, 1.82) is 0 Å². The Morgan fingerprint density at radius 2 is 1.68 bits per heavy atom. The van der Waals surface area contributed by atoms with Crippen LogP contribution in [0.5, 0.6) is 0 Å². The van der Waals surface area contributed by atoms with Gasteiger partial charge in [-0.3, -0.25) is 9.59 Å². The number of fused-ring (bicyclic) bond motifs is 1. The van der Waals surface area contributed by atoms with Gasteiger partial charge >= 0.3 is 6.09 Å². The molecule has 2 N–H and O–H groups in total. The fourth-order valence-electron chi connectivity index (χ4n) is 4.91. The first kappa shape index (κ1) is 29.7. The molecule has 0 spiro atoms. The Bertz CT molecular complexity index is 1460. The van der Waals surface area contributed by atoms with Crippen molar-refractivity contribution in [2.24, 2.45) is 5.92 Å². The van der Waals surface area contributed by atoms with Gasteiger partial charge in [0.15, 0.2) is 0 Å². The summed E-state index contributed by atoms with van der Waals surface area (Å²) < 4.78 is 5.49. The molecule has 1 fully saturated rings. The van der Waals surface area contributed by atoms with Gasteiger partial charge < -0.3 is 20.3 Å². The summed E-state index contributed by atoms with van der Waals surface area (Å²) in [5.74, 6) is 1.77. The van der Waals surface area contributed by atoms with Gasteiger partial charge in [0.25, 0.3) is 5.91 Å². The van der Waals surface area contributed by atoms with Gasteiger partial charge in [-0.1, -0.05) is 74.7 Å². The molecule has 3 amide bonds. The molecule has 0 aliphatic heterocycles. The summed E-state index contributed by atoms with van der Waals surface area (Å²) >= 11 is 0. The van der Waals surface area contributed by atoms with E-state index in [1.165, 1.54) is 0 Å². The van der Waals surface area contributed by atoms with Crippen LogP contribution in [0, 0.1) is 18.3 Å². The SMILES string of the molecule is C#Cc1ccccc1C(C(=O)Nc1ccc2ccccc2c1)N(C(=O)C(NC(=O)OC(C)(C)C)C(C)CC)C1CC1. The van der Waals surface area contributed by atoms with Crippen molar-refractivity contribution in [3.05, 3.63) is 77.9 Å². The molecule has 41 heavy (non-hydrogen) atoms. The maximum atomic E-state index is 14.4. The first-order valence-electron chi connectivity index (χ1n) is 14.2. The highest BCUT2D eigenvalue weighted by Crippen LogP contribution is 2.38. The predicted molar refractivity (Wildman–Crippen MR) is 162 cm³/mol. The van der Waals surface area contributed by atoms with E-state index in [1.807, 2.05) is 68.4 Å². The third kappa shape index (κ3) is 7.26. The summed E-state index contributed by atoms with van der Waals surface area (Å²) in [4.78, 5) is 43.0. The van der Waals surface area contributed by atoms with E-state index >= 15 is 0 Å². The number of alkyl carbamates (subject to hydrolysis) is 1. The van der Waals surface area contributed by atoms with Gasteiger partial charge in [0.05, 0.1) is 0 Å². The lowest BCUT2D eigenvalue weighted by molar-refractivity contribution is -0.142. The normalized spacial score (nSPS) is 15.2. The van der Waals surface area contributed by atoms with Crippen LogP contribution in [0.1, 0.15) is 71.0 Å². The maximum Gasteiger partial charge on any atom is 0.408 e. The summed E-state index contributed by atoms with van der Waals surface area (Å²) in [5.41, 5.74) is 0.987. The number of anilines is 1. The van der Waals surface area contributed by atoms with Crippen LogP contribution < -0.4 is 10.6 Å². The smallest absolute Gasteiger partial charge is 0.408 e. The lowest BCUT2D eigenvalue weighted by atomic mass is 9.94. The Morgan fingerprint density at radius 1 is 1.02 bits per heavy atom. The Morgan fingerprint density at radius 3 is 2.32 bits per heavy atom. The number of nitrogens with one attached hydrogen (secondary N) is 2. The van der Waals surface area contributed by atoms with Crippen LogP contribution in [0.4, 0.5) is 10.5 Å². The second kappa shape index (κ2) is 12.5. The lowest BCUT2D eigenvalue weighted by Crippen LogP contribution is -2.55. The van der Waals surface area contributed by atoms with E-state index in [1.54, 1.807) is 37.8 Å². The zero-order valence-electron chi connectivity index (χ0n) is 24.4. The molecular weight excluding hydrogens is 514 g/mol. The van der Waals surface area contributed by atoms with E-state index in [2.05, 4.69) is 16.6 Å². The molecule has 3 atom stereocenters. The van der Waals surface area contributed by atoms with Crippen LogP contribution in [0.2, 0.25) is 0 Å². The van der Waals surface area contributed by atoms with Gasteiger partial charge in [0.2, 0.25) is 5.91 Å². The second-order valence-corrected chi connectivity index (χ2v) is 11.7. The van der Waals surface area contributed by atoms with Crippen molar-refractivity contribution in [3.63, 3.8) is 0 Å². The van der Waals surface area contributed by atoms with E-state index in [9.17, 15) is 14.4 Å². The third-order valence-electron chi connectivity index (χ3n) is 7.30. The quantitative estimate of drug-likeness (QED) is 0.299. The molecule has 3 aromatic rings. The van der Waals surface area contributed by atoms with E-state index in [4.69, 9.17) is 11.2 Å². The number of ether oxygens (including phenoxy) is 1. The zero-order chi connectivity index (χ0) is 29.7. The van der Waals surface area contributed by atoms with Gasteiger partial charge in [0.1, 0.15) is 17.7 Å². The molecule has 0 aromatic heterocycles. The fraction of sp³-hybridized carbons (Fsp3) is 0.382. The zero-order valence-corrected chi connectivity index (χ0v) is 24.4. The number of carbonyl (C=O) groups excluding carboxylic acids is 3. The highest BCUT2D eigenvalue weighted by molar-refractivity contribution is 6.01. The first-order chi connectivity index (χ1) is 19.5. The molecule has 214 valence electrons. The van der Waals surface area contributed by atoms with Crippen LogP contribution in [0.15, 0.2) is 66.7 Å². The molecule has 0 bridgehead atoms. The molecule has 1 saturated carbocycles. The lowest BCUT2D eigenvalue weighted by Gasteiger charge is -2.36.